The first-order chi connectivity index (χ1) is 13.4. The van der Waals surface area contributed by atoms with Gasteiger partial charge in [-0.05, 0) is 55.7 Å². The van der Waals surface area contributed by atoms with Crippen LogP contribution in [0.25, 0.3) is 0 Å². The summed E-state index contributed by atoms with van der Waals surface area (Å²) in [5.74, 6) is 0.225. The van der Waals surface area contributed by atoms with E-state index in [-0.39, 0.29) is 18.4 Å². The van der Waals surface area contributed by atoms with Crippen LogP contribution in [-0.4, -0.2) is 35.9 Å². The number of likely N-dealkylation sites (N-methyl/N-ethyl adjacent to an activating group) is 1. The number of benzene rings is 2. The Bertz CT molecular complexity index is 793. The molecule has 0 saturated carbocycles. The summed E-state index contributed by atoms with van der Waals surface area (Å²) >= 11 is 5.96. The molecule has 0 heterocycles. The van der Waals surface area contributed by atoms with E-state index in [4.69, 9.17) is 16.3 Å². The summed E-state index contributed by atoms with van der Waals surface area (Å²) in [5.41, 5.74) is 1.95. The van der Waals surface area contributed by atoms with Gasteiger partial charge < -0.3 is 15.0 Å². The van der Waals surface area contributed by atoms with E-state index in [1.54, 1.807) is 17.0 Å². The van der Waals surface area contributed by atoms with Crippen LogP contribution in [-0.2, 0) is 16.1 Å². The summed E-state index contributed by atoms with van der Waals surface area (Å²) in [6.45, 7) is 6.40. The van der Waals surface area contributed by atoms with Crippen LogP contribution in [0.3, 0.4) is 0 Å². The van der Waals surface area contributed by atoms with E-state index in [2.05, 4.69) is 5.32 Å². The lowest BCUT2D eigenvalue weighted by atomic mass is 10.1. The van der Waals surface area contributed by atoms with E-state index in [0.29, 0.717) is 30.3 Å². The molecule has 1 atom stereocenters. The van der Waals surface area contributed by atoms with Crippen molar-refractivity contribution in [1.82, 2.24) is 10.2 Å². The molecule has 2 aromatic rings. The Balaban J connectivity index is 2.18. The Morgan fingerprint density at radius 2 is 1.86 bits per heavy atom. The minimum Gasteiger partial charge on any atom is -0.484 e. The molecule has 150 valence electrons. The zero-order chi connectivity index (χ0) is 20.5. The molecular formula is C22H27ClN2O3. The lowest BCUT2D eigenvalue weighted by Gasteiger charge is -2.30. The van der Waals surface area contributed by atoms with Crippen LogP contribution in [0.2, 0.25) is 5.02 Å². The smallest absolute Gasteiger partial charge is 0.261 e. The Labute approximate surface area is 171 Å². The van der Waals surface area contributed by atoms with Crippen LogP contribution in [0.1, 0.15) is 31.4 Å². The molecule has 0 aliphatic rings. The minimum atomic E-state index is -0.566. The lowest BCUT2D eigenvalue weighted by molar-refractivity contribution is -0.142. The van der Waals surface area contributed by atoms with E-state index < -0.39 is 6.04 Å². The molecule has 28 heavy (non-hydrogen) atoms. The van der Waals surface area contributed by atoms with Crippen LogP contribution in [0.5, 0.6) is 5.75 Å². The largest absolute Gasteiger partial charge is 0.484 e. The molecule has 0 radical (unpaired) electrons. The average Bonchev–Trinajstić information content (AvgIpc) is 2.68. The molecule has 0 aliphatic carbocycles. The molecule has 2 rings (SSSR count). The predicted octanol–water partition coefficient (Wildman–Crippen LogP) is 3.97. The number of nitrogens with zero attached hydrogens (tertiary/aromatic N) is 1. The molecule has 0 aliphatic heterocycles. The molecular weight excluding hydrogens is 376 g/mol. The Morgan fingerprint density at radius 3 is 2.46 bits per heavy atom. The zero-order valence-electron chi connectivity index (χ0n) is 16.6. The summed E-state index contributed by atoms with van der Waals surface area (Å²) < 4.78 is 5.68. The molecule has 6 heteroatoms. The predicted molar refractivity (Wildman–Crippen MR) is 111 cm³/mol. The normalized spacial score (nSPS) is 11.6. The Kier molecular flexibility index (Phi) is 8.33. The van der Waals surface area contributed by atoms with Gasteiger partial charge in [-0.1, -0.05) is 42.8 Å². The molecule has 0 aromatic heterocycles. The topological polar surface area (TPSA) is 58.6 Å². The van der Waals surface area contributed by atoms with Gasteiger partial charge in [0, 0.05) is 18.1 Å². The minimum absolute atomic E-state index is 0.132. The molecule has 1 N–H and O–H groups in total. The van der Waals surface area contributed by atoms with Gasteiger partial charge in [-0.25, -0.2) is 0 Å². The van der Waals surface area contributed by atoms with Crippen molar-refractivity contribution in [3.63, 3.8) is 0 Å². The van der Waals surface area contributed by atoms with Crippen molar-refractivity contribution >= 4 is 23.4 Å². The average molecular weight is 403 g/mol. The summed E-state index contributed by atoms with van der Waals surface area (Å²) in [5, 5.41) is 3.44. The van der Waals surface area contributed by atoms with Crippen LogP contribution in [0, 0.1) is 6.92 Å². The number of rotatable bonds is 9. The maximum absolute atomic E-state index is 13.0. The second-order valence-corrected chi connectivity index (χ2v) is 7.01. The summed E-state index contributed by atoms with van der Waals surface area (Å²) in [7, 11) is 0. The molecule has 5 nitrogen and oxygen atoms in total. The second kappa shape index (κ2) is 10.7. The molecule has 2 aromatic carbocycles. The third-order valence-corrected chi connectivity index (χ3v) is 4.61. The van der Waals surface area contributed by atoms with E-state index in [1.165, 1.54) is 0 Å². The fraction of sp³-hybridized carbons (Fsp3) is 0.364. The Morgan fingerprint density at radius 1 is 1.14 bits per heavy atom. The monoisotopic (exact) mass is 402 g/mol. The number of carbonyl (C=O) groups excluding carboxylic acids is 2. The molecule has 0 fully saturated rings. The van der Waals surface area contributed by atoms with Crippen LogP contribution >= 0.6 is 11.6 Å². The van der Waals surface area contributed by atoms with Crippen LogP contribution < -0.4 is 10.1 Å². The van der Waals surface area contributed by atoms with Gasteiger partial charge in [0.25, 0.3) is 5.91 Å². The fourth-order valence-electron chi connectivity index (χ4n) is 2.93. The third kappa shape index (κ3) is 6.27. The van der Waals surface area contributed by atoms with Crippen LogP contribution in [0.4, 0.5) is 0 Å². The highest BCUT2D eigenvalue weighted by molar-refractivity contribution is 6.30. The van der Waals surface area contributed by atoms with Gasteiger partial charge in [-0.3, -0.25) is 9.59 Å². The zero-order valence-corrected chi connectivity index (χ0v) is 17.3. The van der Waals surface area contributed by atoms with Gasteiger partial charge in [0.2, 0.25) is 5.91 Å². The molecule has 0 saturated heterocycles. The van der Waals surface area contributed by atoms with Crippen molar-refractivity contribution in [2.45, 2.75) is 39.8 Å². The van der Waals surface area contributed by atoms with E-state index in [9.17, 15) is 9.59 Å². The summed E-state index contributed by atoms with van der Waals surface area (Å²) in [4.78, 5) is 27.1. The third-order valence-electron chi connectivity index (χ3n) is 4.35. The number of nitrogens with one attached hydrogen (secondary N) is 1. The number of hydrogen-bond donors (Lipinski definition) is 1. The number of ether oxygens (including phenoxy) is 1. The highest BCUT2D eigenvalue weighted by Crippen LogP contribution is 2.17. The Hall–Kier alpha value is -2.53. The van der Waals surface area contributed by atoms with Gasteiger partial charge >= 0.3 is 0 Å². The lowest BCUT2D eigenvalue weighted by Crippen LogP contribution is -2.50. The van der Waals surface area contributed by atoms with Crippen molar-refractivity contribution < 1.29 is 14.3 Å². The van der Waals surface area contributed by atoms with Gasteiger partial charge in [0.1, 0.15) is 11.8 Å². The van der Waals surface area contributed by atoms with E-state index in [1.807, 2.05) is 57.2 Å². The van der Waals surface area contributed by atoms with Crippen LogP contribution in [0.15, 0.2) is 48.5 Å². The van der Waals surface area contributed by atoms with Gasteiger partial charge in [-0.2, -0.15) is 0 Å². The standard InChI is InChI=1S/C22H27ClN2O3/c1-4-20(22(27)24-5-2)25(14-17-9-11-18(23)12-10-17)21(26)15-28-19-8-6-7-16(3)13-19/h6-13,20H,4-5,14-15H2,1-3H3,(H,24,27). The highest BCUT2D eigenvalue weighted by atomic mass is 35.5. The van der Waals surface area contributed by atoms with Gasteiger partial charge in [0.15, 0.2) is 6.61 Å². The molecule has 0 spiro atoms. The fourth-order valence-corrected chi connectivity index (χ4v) is 3.06. The molecule has 1 unspecified atom stereocenters. The second-order valence-electron chi connectivity index (χ2n) is 6.57. The number of carbonyl (C=O) groups is 2. The molecule has 2 amide bonds. The number of aryl methyl sites for hydroxylation is 1. The van der Waals surface area contributed by atoms with Gasteiger partial charge in [-0.15, -0.1) is 0 Å². The molecule has 0 bridgehead atoms. The summed E-state index contributed by atoms with van der Waals surface area (Å²) in [6, 6.07) is 14.2. The highest BCUT2D eigenvalue weighted by Gasteiger charge is 2.28. The van der Waals surface area contributed by atoms with Crippen molar-refractivity contribution in [2.24, 2.45) is 0 Å². The van der Waals surface area contributed by atoms with Crippen molar-refractivity contribution in [1.29, 1.82) is 0 Å². The quantitative estimate of drug-likeness (QED) is 0.690. The van der Waals surface area contributed by atoms with E-state index in [0.717, 1.165) is 11.1 Å². The van der Waals surface area contributed by atoms with E-state index >= 15 is 0 Å². The van der Waals surface area contributed by atoms with Crippen molar-refractivity contribution in [2.75, 3.05) is 13.2 Å². The first kappa shape index (κ1) is 21.8. The maximum atomic E-state index is 13.0. The first-order valence-electron chi connectivity index (χ1n) is 9.45. The first-order valence-corrected chi connectivity index (χ1v) is 9.83. The van der Waals surface area contributed by atoms with Crippen molar-refractivity contribution in [3.05, 3.63) is 64.7 Å². The number of amides is 2. The number of halogens is 1. The van der Waals surface area contributed by atoms with Gasteiger partial charge in [0.05, 0.1) is 0 Å². The SMILES string of the molecule is CCNC(=O)C(CC)N(Cc1ccc(Cl)cc1)C(=O)COc1cccc(C)c1. The van der Waals surface area contributed by atoms with Crippen molar-refractivity contribution in [3.8, 4) is 5.75 Å². The maximum Gasteiger partial charge on any atom is 0.261 e. The summed E-state index contributed by atoms with van der Waals surface area (Å²) in [6.07, 6.45) is 0.510. The number of hydrogen-bond acceptors (Lipinski definition) is 3.